The molecule has 11 heavy (non-hydrogen) atoms. The van der Waals surface area contributed by atoms with Gasteiger partial charge in [-0.15, -0.1) is 0 Å². The van der Waals surface area contributed by atoms with E-state index in [1.807, 2.05) is 5.32 Å². The molecule has 1 atom stereocenters. The summed E-state index contributed by atoms with van der Waals surface area (Å²) in [5, 5.41) is 1.50. The number of hydrogen-bond acceptors (Lipinski definition) is 4. The number of nitrogens with one attached hydrogen (secondary N) is 1. The molecule has 0 aromatic rings. The van der Waals surface area contributed by atoms with Gasteiger partial charge in [-0.25, -0.2) is 4.79 Å². The average Bonchev–Trinajstić information content (AvgIpc) is 1.87. The largest absolute Gasteiger partial charge is 0.450 e. The maximum Gasteiger partial charge on any atom is 0.413 e. The Bertz CT molecular complexity index is 158. The number of carbonyl (C=O) groups is 2. The van der Waals surface area contributed by atoms with Crippen molar-refractivity contribution < 1.29 is 14.3 Å². The normalized spacial score (nSPS) is 11.9. The number of amides is 2. The summed E-state index contributed by atoms with van der Waals surface area (Å²) in [6.07, 6.45) is -0.724. The van der Waals surface area contributed by atoms with Gasteiger partial charge in [-0.2, -0.15) is 12.6 Å². The number of hydrogen-bond donors (Lipinski definition) is 2. The zero-order chi connectivity index (χ0) is 8.85. The Morgan fingerprint density at radius 2 is 2.18 bits per heavy atom. The number of alkyl carbamates (subject to hydrolysis) is 1. The minimum Gasteiger partial charge on any atom is -0.450 e. The molecule has 0 unspecified atom stereocenters. The van der Waals surface area contributed by atoms with Crippen LogP contribution in [0.25, 0.3) is 0 Å². The van der Waals surface area contributed by atoms with Crippen molar-refractivity contribution in [2.75, 3.05) is 6.61 Å². The highest BCUT2D eigenvalue weighted by Gasteiger charge is 2.11. The Labute approximate surface area is 70.7 Å². The Morgan fingerprint density at radius 1 is 1.64 bits per heavy atom. The first-order valence-electron chi connectivity index (χ1n) is 3.23. The summed E-state index contributed by atoms with van der Waals surface area (Å²) in [7, 11) is 0. The van der Waals surface area contributed by atoms with Crippen molar-refractivity contribution in [2.45, 2.75) is 19.1 Å². The van der Waals surface area contributed by atoms with Crippen LogP contribution in [-0.2, 0) is 9.53 Å². The molecule has 0 rings (SSSR count). The molecule has 0 aromatic heterocycles. The molecule has 0 fully saturated rings. The first-order valence-corrected chi connectivity index (χ1v) is 3.75. The number of thiol groups is 1. The number of carbonyl (C=O) groups excluding carboxylic acids is 2. The molecule has 64 valence electrons. The zero-order valence-corrected chi connectivity index (χ0v) is 7.35. The van der Waals surface area contributed by atoms with Gasteiger partial charge in [-0.3, -0.25) is 10.1 Å². The topological polar surface area (TPSA) is 55.4 Å². The first kappa shape index (κ1) is 10.3. The van der Waals surface area contributed by atoms with Crippen LogP contribution in [0.15, 0.2) is 0 Å². The van der Waals surface area contributed by atoms with E-state index in [1.54, 1.807) is 13.8 Å². The van der Waals surface area contributed by atoms with Crippen LogP contribution in [0.5, 0.6) is 0 Å². The Morgan fingerprint density at radius 3 is 2.55 bits per heavy atom. The van der Waals surface area contributed by atoms with E-state index < -0.39 is 17.3 Å². The van der Waals surface area contributed by atoms with Crippen LogP contribution in [-0.4, -0.2) is 23.9 Å². The highest BCUT2D eigenvalue weighted by Crippen LogP contribution is 1.91. The minimum atomic E-state index is -0.724. The highest BCUT2D eigenvalue weighted by molar-refractivity contribution is 7.81. The summed E-state index contributed by atoms with van der Waals surface area (Å²) < 4.78 is 4.46. The van der Waals surface area contributed by atoms with Crippen LogP contribution < -0.4 is 5.32 Å². The van der Waals surface area contributed by atoms with Crippen LogP contribution in [0.4, 0.5) is 4.79 Å². The molecule has 0 spiro atoms. The summed E-state index contributed by atoms with van der Waals surface area (Å²) in [6, 6.07) is 0. The van der Waals surface area contributed by atoms with Gasteiger partial charge in [0.25, 0.3) is 0 Å². The van der Waals surface area contributed by atoms with Gasteiger partial charge in [-0.1, -0.05) is 0 Å². The number of rotatable bonds is 2. The lowest BCUT2D eigenvalue weighted by atomic mass is 10.4. The van der Waals surface area contributed by atoms with E-state index in [4.69, 9.17) is 0 Å². The maximum atomic E-state index is 10.7. The van der Waals surface area contributed by atoms with Gasteiger partial charge < -0.3 is 4.74 Å². The molecule has 0 aliphatic heterocycles. The number of ether oxygens (including phenoxy) is 1. The molecule has 0 aliphatic rings. The molecule has 0 saturated carbocycles. The second-order valence-corrected chi connectivity index (χ2v) is 2.66. The third kappa shape index (κ3) is 4.66. The predicted octanol–water partition coefficient (Wildman–Crippen LogP) is 0.577. The van der Waals surface area contributed by atoms with Crippen molar-refractivity contribution in [2.24, 2.45) is 0 Å². The predicted molar refractivity (Wildman–Crippen MR) is 43.6 cm³/mol. The number of imide groups is 1. The fraction of sp³-hybridized carbons (Fsp3) is 0.667. The summed E-state index contributed by atoms with van der Waals surface area (Å²) in [4.78, 5) is 21.3. The molecule has 2 amide bonds. The first-order chi connectivity index (χ1) is 5.07. The summed E-state index contributed by atoms with van der Waals surface area (Å²) >= 11 is 3.82. The Hall–Kier alpha value is -0.710. The molecule has 0 aliphatic carbocycles. The molecule has 0 heterocycles. The fourth-order valence-corrected chi connectivity index (χ4v) is 0.437. The van der Waals surface area contributed by atoms with Gasteiger partial charge >= 0.3 is 6.09 Å². The van der Waals surface area contributed by atoms with Crippen molar-refractivity contribution in [3.8, 4) is 0 Å². The van der Waals surface area contributed by atoms with E-state index in [0.29, 0.717) is 0 Å². The smallest absolute Gasteiger partial charge is 0.413 e. The molecule has 4 nitrogen and oxygen atoms in total. The van der Waals surface area contributed by atoms with E-state index in [1.165, 1.54) is 0 Å². The van der Waals surface area contributed by atoms with Gasteiger partial charge in [0.05, 0.1) is 11.9 Å². The molecular weight excluding hydrogens is 166 g/mol. The van der Waals surface area contributed by atoms with Crippen molar-refractivity contribution >= 4 is 24.6 Å². The minimum absolute atomic E-state index is 0.250. The lowest BCUT2D eigenvalue weighted by Crippen LogP contribution is -2.35. The van der Waals surface area contributed by atoms with E-state index in [-0.39, 0.29) is 6.61 Å². The molecule has 5 heteroatoms. The van der Waals surface area contributed by atoms with Gasteiger partial charge in [-0.05, 0) is 13.8 Å². The van der Waals surface area contributed by atoms with Crippen LogP contribution in [0.2, 0.25) is 0 Å². The standard InChI is InChI=1S/C6H11NO3S/c1-3-10-6(9)7-5(8)4(2)11/h4,11H,3H2,1-2H3,(H,7,8,9)/t4-/m1/s1. The molecular formula is C6H11NO3S. The molecule has 0 aromatic carbocycles. The fourth-order valence-electron chi connectivity index (χ4n) is 0.372. The van der Waals surface area contributed by atoms with Gasteiger partial charge in [0.1, 0.15) is 0 Å². The van der Waals surface area contributed by atoms with E-state index in [0.717, 1.165) is 0 Å². The third-order valence-corrected chi connectivity index (χ3v) is 1.11. The van der Waals surface area contributed by atoms with Crippen LogP contribution in [0.1, 0.15) is 13.8 Å². The van der Waals surface area contributed by atoms with E-state index in [2.05, 4.69) is 17.4 Å². The molecule has 0 bridgehead atoms. The van der Waals surface area contributed by atoms with E-state index >= 15 is 0 Å². The van der Waals surface area contributed by atoms with Crippen molar-refractivity contribution in [1.82, 2.24) is 5.32 Å². The summed E-state index contributed by atoms with van der Waals surface area (Å²) in [5.74, 6) is -0.452. The third-order valence-electron chi connectivity index (χ3n) is 0.880. The van der Waals surface area contributed by atoms with Crippen molar-refractivity contribution in [1.29, 1.82) is 0 Å². The van der Waals surface area contributed by atoms with Crippen molar-refractivity contribution in [3.05, 3.63) is 0 Å². The molecule has 1 N–H and O–H groups in total. The molecule has 0 saturated heterocycles. The Balaban J connectivity index is 3.67. The van der Waals surface area contributed by atoms with E-state index in [9.17, 15) is 9.59 Å². The second-order valence-electron chi connectivity index (χ2n) is 1.89. The monoisotopic (exact) mass is 177 g/mol. The van der Waals surface area contributed by atoms with Crippen LogP contribution in [0, 0.1) is 0 Å². The van der Waals surface area contributed by atoms with Crippen LogP contribution in [0.3, 0.4) is 0 Å². The van der Waals surface area contributed by atoms with Gasteiger partial charge in [0, 0.05) is 0 Å². The van der Waals surface area contributed by atoms with Crippen molar-refractivity contribution in [3.63, 3.8) is 0 Å². The zero-order valence-electron chi connectivity index (χ0n) is 6.46. The highest BCUT2D eigenvalue weighted by atomic mass is 32.1. The summed E-state index contributed by atoms with van der Waals surface area (Å²) in [6.45, 7) is 3.48. The van der Waals surface area contributed by atoms with Crippen LogP contribution >= 0.6 is 12.6 Å². The Kier molecular flexibility index (Phi) is 4.69. The molecule has 0 radical (unpaired) electrons. The lowest BCUT2D eigenvalue weighted by molar-refractivity contribution is -0.119. The SMILES string of the molecule is CCOC(=O)NC(=O)[C@@H](C)S. The quantitative estimate of drug-likeness (QED) is 0.606. The second kappa shape index (κ2) is 5.01. The summed E-state index contributed by atoms with van der Waals surface area (Å²) in [5.41, 5.74) is 0. The maximum absolute atomic E-state index is 10.7. The average molecular weight is 177 g/mol. The van der Waals surface area contributed by atoms with Gasteiger partial charge in [0.15, 0.2) is 0 Å². The lowest BCUT2D eigenvalue weighted by Gasteiger charge is -2.04. The van der Waals surface area contributed by atoms with Gasteiger partial charge in [0.2, 0.25) is 5.91 Å².